The van der Waals surface area contributed by atoms with E-state index in [1.54, 1.807) is 6.20 Å². The second kappa shape index (κ2) is 6.33. The summed E-state index contributed by atoms with van der Waals surface area (Å²) in [6.45, 7) is 1.94. The fourth-order valence-electron chi connectivity index (χ4n) is 3.24. The maximum atomic E-state index is 5.76. The molecular weight excluding hydrogens is 260 g/mol. The Morgan fingerprint density at radius 3 is 2.90 bits per heavy atom. The number of fused-ring (bicyclic) bond motifs is 1. The first-order valence-corrected chi connectivity index (χ1v) is 7.60. The summed E-state index contributed by atoms with van der Waals surface area (Å²) >= 11 is 0. The third-order valence-electron chi connectivity index (χ3n) is 4.37. The average Bonchev–Trinajstić information content (AvgIpc) is 2.54. The predicted octanol–water partition coefficient (Wildman–Crippen LogP) is 2.80. The summed E-state index contributed by atoms with van der Waals surface area (Å²) in [5.41, 5.74) is 7.73. The lowest BCUT2D eigenvalue weighted by Gasteiger charge is -2.28. The summed E-state index contributed by atoms with van der Waals surface area (Å²) < 4.78 is 0. The van der Waals surface area contributed by atoms with Gasteiger partial charge in [-0.3, -0.25) is 21.2 Å². The highest BCUT2D eigenvalue weighted by Crippen LogP contribution is 2.37. The van der Waals surface area contributed by atoms with Gasteiger partial charge in [0.25, 0.3) is 0 Å². The first-order valence-electron chi connectivity index (χ1n) is 7.60. The molecule has 3 N–H and O–H groups in total. The van der Waals surface area contributed by atoms with Crippen molar-refractivity contribution in [2.24, 2.45) is 5.84 Å². The van der Waals surface area contributed by atoms with E-state index in [9.17, 15) is 0 Å². The van der Waals surface area contributed by atoms with Crippen molar-refractivity contribution in [3.63, 3.8) is 0 Å². The second-order valence-electron chi connectivity index (χ2n) is 5.83. The largest absolute Gasteiger partial charge is 0.271 e. The van der Waals surface area contributed by atoms with Crippen LogP contribution in [0.2, 0.25) is 0 Å². The summed E-state index contributed by atoms with van der Waals surface area (Å²) in [7, 11) is 0. The van der Waals surface area contributed by atoms with E-state index in [2.05, 4.69) is 39.7 Å². The number of aryl methyl sites for hydroxylation is 2. The van der Waals surface area contributed by atoms with Crippen molar-refractivity contribution in [2.75, 3.05) is 0 Å². The second-order valence-corrected chi connectivity index (χ2v) is 5.83. The highest BCUT2D eigenvalue weighted by molar-refractivity contribution is 5.33. The number of aromatic nitrogens is 2. The van der Waals surface area contributed by atoms with Gasteiger partial charge >= 0.3 is 0 Å². The SMILES string of the molecule is Cc1cnc(C(CC2CCCc3ccccc32)NN)cn1. The minimum atomic E-state index is 0.0502. The van der Waals surface area contributed by atoms with Gasteiger partial charge in [0, 0.05) is 6.20 Å². The molecule has 2 atom stereocenters. The van der Waals surface area contributed by atoms with Crippen molar-refractivity contribution in [3.05, 3.63) is 59.2 Å². The lowest BCUT2D eigenvalue weighted by Crippen LogP contribution is -2.30. The molecule has 0 saturated heterocycles. The first-order chi connectivity index (χ1) is 10.3. The van der Waals surface area contributed by atoms with Crippen LogP contribution in [0.3, 0.4) is 0 Å². The number of hydrogen-bond donors (Lipinski definition) is 2. The number of nitrogens with two attached hydrogens (primary N) is 1. The third kappa shape index (κ3) is 3.12. The van der Waals surface area contributed by atoms with Crippen LogP contribution in [0.25, 0.3) is 0 Å². The molecule has 3 rings (SSSR count). The maximum Gasteiger partial charge on any atom is 0.0770 e. The molecule has 1 aromatic carbocycles. The monoisotopic (exact) mass is 282 g/mol. The van der Waals surface area contributed by atoms with Crippen molar-refractivity contribution in [1.82, 2.24) is 15.4 Å². The minimum Gasteiger partial charge on any atom is -0.271 e. The fraction of sp³-hybridized carbons (Fsp3) is 0.412. The highest BCUT2D eigenvalue weighted by atomic mass is 15.2. The van der Waals surface area contributed by atoms with Crippen molar-refractivity contribution in [3.8, 4) is 0 Å². The highest BCUT2D eigenvalue weighted by Gasteiger charge is 2.24. The van der Waals surface area contributed by atoms with E-state index in [1.165, 1.54) is 30.4 Å². The van der Waals surface area contributed by atoms with E-state index in [0.717, 1.165) is 17.8 Å². The maximum absolute atomic E-state index is 5.76. The van der Waals surface area contributed by atoms with Gasteiger partial charge in [0.15, 0.2) is 0 Å². The average molecular weight is 282 g/mol. The van der Waals surface area contributed by atoms with E-state index < -0.39 is 0 Å². The number of rotatable bonds is 4. The van der Waals surface area contributed by atoms with Gasteiger partial charge in [-0.25, -0.2) is 0 Å². The van der Waals surface area contributed by atoms with Crippen LogP contribution >= 0.6 is 0 Å². The predicted molar refractivity (Wildman–Crippen MR) is 83.6 cm³/mol. The zero-order valence-electron chi connectivity index (χ0n) is 12.4. The van der Waals surface area contributed by atoms with Crippen molar-refractivity contribution in [2.45, 2.75) is 44.6 Å². The van der Waals surface area contributed by atoms with Crippen LogP contribution in [-0.4, -0.2) is 9.97 Å². The molecule has 2 aromatic rings. The van der Waals surface area contributed by atoms with Crippen molar-refractivity contribution < 1.29 is 0 Å². The lowest BCUT2D eigenvalue weighted by molar-refractivity contribution is 0.418. The molecule has 0 spiro atoms. The smallest absolute Gasteiger partial charge is 0.0770 e. The van der Waals surface area contributed by atoms with Gasteiger partial charge in [0.05, 0.1) is 23.6 Å². The minimum absolute atomic E-state index is 0.0502. The molecule has 2 unspecified atom stereocenters. The summed E-state index contributed by atoms with van der Waals surface area (Å²) in [5, 5.41) is 0. The van der Waals surface area contributed by atoms with E-state index in [4.69, 9.17) is 5.84 Å². The van der Waals surface area contributed by atoms with Crippen LogP contribution in [0.1, 0.15) is 53.7 Å². The Kier molecular flexibility index (Phi) is 4.27. The van der Waals surface area contributed by atoms with Crippen LogP contribution in [-0.2, 0) is 6.42 Å². The van der Waals surface area contributed by atoms with E-state index in [1.807, 2.05) is 13.1 Å². The number of hydrazine groups is 1. The molecule has 1 aromatic heterocycles. The zero-order chi connectivity index (χ0) is 14.7. The Labute approximate surface area is 125 Å². The van der Waals surface area contributed by atoms with Gasteiger partial charge in [-0.2, -0.15) is 0 Å². The molecule has 0 bridgehead atoms. The first kappa shape index (κ1) is 14.2. The van der Waals surface area contributed by atoms with Gasteiger partial charge < -0.3 is 0 Å². The van der Waals surface area contributed by atoms with Crippen LogP contribution in [0.15, 0.2) is 36.7 Å². The third-order valence-corrected chi connectivity index (χ3v) is 4.37. The van der Waals surface area contributed by atoms with Gasteiger partial charge in [0.2, 0.25) is 0 Å². The van der Waals surface area contributed by atoms with E-state index >= 15 is 0 Å². The molecule has 0 amide bonds. The molecule has 1 aliphatic rings. The fourth-order valence-corrected chi connectivity index (χ4v) is 3.24. The quantitative estimate of drug-likeness (QED) is 0.668. The molecule has 1 aliphatic carbocycles. The number of hydrogen-bond acceptors (Lipinski definition) is 4. The van der Waals surface area contributed by atoms with Gasteiger partial charge in [0.1, 0.15) is 0 Å². The molecule has 0 radical (unpaired) electrons. The van der Waals surface area contributed by atoms with Crippen LogP contribution in [0, 0.1) is 6.92 Å². The van der Waals surface area contributed by atoms with E-state index in [-0.39, 0.29) is 6.04 Å². The summed E-state index contributed by atoms with van der Waals surface area (Å²) in [6, 6.07) is 8.82. The Morgan fingerprint density at radius 2 is 2.14 bits per heavy atom. The molecule has 0 fully saturated rings. The lowest BCUT2D eigenvalue weighted by atomic mass is 9.79. The normalized spacial score (nSPS) is 19.0. The van der Waals surface area contributed by atoms with Crippen molar-refractivity contribution >= 4 is 0 Å². The molecule has 110 valence electrons. The molecular formula is C17H22N4. The summed E-state index contributed by atoms with van der Waals surface area (Å²) in [4.78, 5) is 8.79. The zero-order valence-corrected chi connectivity index (χ0v) is 12.4. The van der Waals surface area contributed by atoms with Gasteiger partial charge in [-0.1, -0.05) is 24.3 Å². The molecule has 4 nitrogen and oxygen atoms in total. The Bertz CT molecular complexity index is 594. The summed E-state index contributed by atoms with van der Waals surface area (Å²) in [5.74, 6) is 6.30. The Hall–Kier alpha value is -1.78. The number of benzene rings is 1. The van der Waals surface area contributed by atoms with Crippen LogP contribution < -0.4 is 11.3 Å². The van der Waals surface area contributed by atoms with Gasteiger partial charge in [-0.15, -0.1) is 0 Å². The Morgan fingerprint density at radius 1 is 1.29 bits per heavy atom. The number of nitrogens with zero attached hydrogens (tertiary/aromatic N) is 2. The Balaban J connectivity index is 1.80. The van der Waals surface area contributed by atoms with Crippen molar-refractivity contribution in [1.29, 1.82) is 0 Å². The topological polar surface area (TPSA) is 63.8 Å². The molecule has 1 heterocycles. The molecule has 21 heavy (non-hydrogen) atoms. The van der Waals surface area contributed by atoms with Gasteiger partial charge in [-0.05, 0) is 49.7 Å². The number of nitrogens with one attached hydrogen (secondary N) is 1. The van der Waals surface area contributed by atoms with Crippen LogP contribution in [0.5, 0.6) is 0 Å². The van der Waals surface area contributed by atoms with Crippen LogP contribution in [0.4, 0.5) is 0 Å². The molecule has 4 heteroatoms. The summed E-state index contributed by atoms with van der Waals surface area (Å²) in [6.07, 6.45) is 8.25. The standard InChI is InChI=1S/C17H22N4/c1-12-10-20-17(11-19-12)16(21-18)9-14-7-4-6-13-5-2-3-8-15(13)14/h2-3,5,8,10-11,14,16,21H,4,6-7,9,18H2,1H3. The van der Waals surface area contributed by atoms with E-state index in [0.29, 0.717) is 5.92 Å². The molecule has 0 aliphatic heterocycles. The molecule has 0 saturated carbocycles.